The molecule has 1 saturated carbocycles. The van der Waals surface area contributed by atoms with E-state index in [2.05, 4.69) is 19.2 Å². The minimum atomic E-state index is -0.270. The Morgan fingerprint density at radius 1 is 1.25 bits per heavy atom. The highest BCUT2D eigenvalue weighted by Gasteiger charge is 2.25. The van der Waals surface area contributed by atoms with Crippen molar-refractivity contribution in [3.8, 4) is 0 Å². The van der Waals surface area contributed by atoms with Gasteiger partial charge in [0, 0.05) is 11.7 Å². The lowest BCUT2D eigenvalue weighted by molar-refractivity contribution is 0.0601. The van der Waals surface area contributed by atoms with Crippen LogP contribution in [0, 0.1) is 18.8 Å². The molecule has 0 aromatic heterocycles. The minimum absolute atomic E-state index is 0.270. The molecular weight excluding hydrogens is 250 g/mol. The Bertz CT molecular complexity index is 484. The first-order valence-electron chi connectivity index (χ1n) is 7.46. The second-order valence-electron chi connectivity index (χ2n) is 6.15. The van der Waals surface area contributed by atoms with E-state index in [-0.39, 0.29) is 5.97 Å². The Hall–Kier alpha value is -1.51. The SMILES string of the molecule is COC(=O)c1cc(C)ccc1NC1CCC(C)C(C)C1. The zero-order valence-electron chi connectivity index (χ0n) is 12.9. The van der Waals surface area contributed by atoms with E-state index in [1.54, 1.807) is 0 Å². The van der Waals surface area contributed by atoms with Crippen molar-refractivity contribution in [1.29, 1.82) is 0 Å². The second kappa shape index (κ2) is 6.29. The van der Waals surface area contributed by atoms with Crippen LogP contribution in [0.3, 0.4) is 0 Å². The highest BCUT2D eigenvalue weighted by Crippen LogP contribution is 2.32. The maximum Gasteiger partial charge on any atom is 0.339 e. The predicted molar refractivity (Wildman–Crippen MR) is 82.1 cm³/mol. The molecule has 1 aromatic rings. The van der Waals surface area contributed by atoms with E-state index in [1.165, 1.54) is 20.0 Å². The molecule has 3 atom stereocenters. The third-order valence-electron chi connectivity index (χ3n) is 4.54. The normalized spacial score (nSPS) is 26.1. The van der Waals surface area contributed by atoms with Crippen LogP contribution < -0.4 is 5.32 Å². The quantitative estimate of drug-likeness (QED) is 0.847. The average Bonchev–Trinajstić information content (AvgIpc) is 2.44. The molecule has 0 bridgehead atoms. The molecule has 3 nitrogen and oxygen atoms in total. The summed E-state index contributed by atoms with van der Waals surface area (Å²) in [4.78, 5) is 11.9. The topological polar surface area (TPSA) is 38.3 Å². The van der Waals surface area contributed by atoms with Gasteiger partial charge in [-0.2, -0.15) is 0 Å². The fourth-order valence-corrected chi connectivity index (χ4v) is 2.96. The van der Waals surface area contributed by atoms with Crippen molar-refractivity contribution >= 4 is 11.7 Å². The summed E-state index contributed by atoms with van der Waals surface area (Å²) in [6.45, 7) is 6.63. The van der Waals surface area contributed by atoms with Crippen LogP contribution in [-0.2, 0) is 4.74 Å². The van der Waals surface area contributed by atoms with Crippen LogP contribution in [0.5, 0.6) is 0 Å². The Balaban J connectivity index is 2.15. The van der Waals surface area contributed by atoms with Crippen LogP contribution in [0.25, 0.3) is 0 Å². The minimum Gasteiger partial charge on any atom is -0.465 e. The molecule has 2 rings (SSSR count). The van der Waals surface area contributed by atoms with Gasteiger partial charge in [0.25, 0.3) is 0 Å². The molecule has 1 N–H and O–H groups in total. The summed E-state index contributed by atoms with van der Waals surface area (Å²) in [7, 11) is 1.43. The molecule has 20 heavy (non-hydrogen) atoms. The van der Waals surface area contributed by atoms with E-state index < -0.39 is 0 Å². The molecule has 1 fully saturated rings. The maximum atomic E-state index is 11.9. The molecule has 0 amide bonds. The van der Waals surface area contributed by atoms with Gasteiger partial charge in [-0.3, -0.25) is 0 Å². The van der Waals surface area contributed by atoms with Gasteiger partial charge < -0.3 is 10.1 Å². The molecule has 1 aliphatic carbocycles. The predicted octanol–water partition coefficient (Wildman–Crippen LogP) is 4.02. The number of carbonyl (C=O) groups is 1. The highest BCUT2D eigenvalue weighted by atomic mass is 16.5. The van der Waals surface area contributed by atoms with Gasteiger partial charge in [0.15, 0.2) is 0 Å². The lowest BCUT2D eigenvalue weighted by Gasteiger charge is -2.33. The number of hydrogen-bond donors (Lipinski definition) is 1. The van der Waals surface area contributed by atoms with Crippen molar-refractivity contribution in [1.82, 2.24) is 0 Å². The summed E-state index contributed by atoms with van der Waals surface area (Å²) >= 11 is 0. The van der Waals surface area contributed by atoms with Crippen molar-refractivity contribution in [3.63, 3.8) is 0 Å². The summed E-state index contributed by atoms with van der Waals surface area (Å²) in [5.41, 5.74) is 2.61. The summed E-state index contributed by atoms with van der Waals surface area (Å²) in [6, 6.07) is 6.36. The number of carbonyl (C=O) groups excluding carboxylic acids is 1. The fraction of sp³-hybridized carbons (Fsp3) is 0.588. The fourth-order valence-electron chi connectivity index (χ4n) is 2.96. The maximum absolute atomic E-state index is 11.9. The first-order chi connectivity index (χ1) is 9.51. The molecule has 0 radical (unpaired) electrons. The zero-order chi connectivity index (χ0) is 14.7. The zero-order valence-corrected chi connectivity index (χ0v) is 12.9. The lowest BCUT2D eigenvalue weighted by atomic mass is 9.79. The molecule has 0 aliphatic heterocycles. The summed E-state index contributed by atoms with van der Waals surface area (Å²) in [5, 5.41) is 3.54. The Kier molecular flexibility index (Phi) is 4.69. The third-order valence-corrected chi connectivity index (χ3v) is 4.54. The smallest absolute Gasteiger partial charge is 0.339 e. The van der Waals surface area contributed by atoms with Crippen molar-refractivity contribution in [2.75, 3.05) is 12.4 Å². The number of ether oxygens (including phenoxy) is 1. The summed E-state index contributed by atoms with van der Waals surface area (Å²) in [6.07, 6.45) is 3.58. The van der Waals surface area contributed by atoms with Gasteiger partial charge in [-0.1, -0.05) is 25.5 Å². The van der Waals surface area contributed by atoms with Gasteiger partial charge in [-0.15, -0.1) is 0 Å². The van der Waals surface area contributed by atoms with Crippen LogP contribution in [0.2, 0.25) is 0 Å². The molecule has 0 saturated heterocycles. The second-order valence-corrected chi connectivity index (χ2v) is 6.15. The summed E-state index contributed by atoms with van der Waals surface area (Å²) in [5.74, 6) is 1.26. The van der Waals surface area contributed by atoms with E-state index in [1.807, 2.05) is 25.1 Å². The van der Waals surface area contributed by atoms with Crippen molar-refractivity contribution in [3.05, 3.63) is 29.3 Å². The van der Waals surface area contributed by atoms with Gasteiger partial charge in [0.2, 0.25) is 0 Å². The number of methoxy groups -OCH3 is 1. The van der Waals surface area contributed by atoms with Crippen molar-refractivity contribution < 1.29 is 9.53 Å². The van der Waals surface area contributed by atoms with E-state index in [9.17, 15) is 4.79 Å². The highest BCUT2D eigenvalue weighted by molar-refractivity contribution is 5.95. The summed E-state index contributed by atoms with van der Waals surface area (Å²) < 4.78 is 4.88. The van der Waals surface area contributed by atoms with Gasteiger partial charge in [-0.05, 0) is 50.2 Å². The Morgan fingerprint density at radius 2 is 2.00 bits per heavy atom. The van der Waals surface area contributed by atoms with E-state index in [4.69, 9.17) is 4.74 Å². The monoisotopic (exact) mass is 275 g/mol. The van der Waals surface area contributed by atoms with Gasteiger partial charge >= 0.3 is 5.97 Å². The average molecular weight is 275 g/mol. The molecule has 3 heteroatoms. The van der Waals surface area contributed by atoms with Crippen LogP contribution in [0.4, 0.5) is 5.69 Å². The number of rotatable bonds is 3. The number of benzene rings is 1. The Morgan fingerprint density at radius 3 is 2.65 bits per heavy atom. The van der Waals surface area contributed by atoms with Crippen LogP contribution in [0.15, 0.2) is 18.2 Å². The Labute approximate surface area is 121 Å². The molecule has 0 spiro atoms. The van der Waals surface area contributed by atoms with E-state index in [0.717, 1.165) is 29.5 Å². The van der Waals surface area contributed by atoms with Crippen molar-refractivity contribution in [2.24, 2.45) is 11.8 Å². The largest absolute Gasteiger partial charge is 0.465 e. The molecule has 0 heterocycles. The standard InChI is InChI=1S/C17H25NO2/c1-11-5-8-16(15(9-11)17(19)20-4)18-14-7-6-12(2)13(3)10-14/h5,8-9,12-14,18H,6-7,10H2,1-4H3. The lowest BCUT2D eigenvalue weighted by Crippen LogP contribution is -2.31. The first-order valence-corrected chi connectivity index (χ1v) is 7.46. The van der Waals surface area contributed by atoms with Gasteiger partial charge in [-0.25, -0.2) is 4.79 Å². The number of anilines is 1. The van der Waals surface area contributed by atoms with Crippen LogP contribution >= 0.6 is 0 Å². The molecule has 110 valence electrons. The third kappa shape index (κ3) is 3.33. The number of aryl methyl sites for hydroxylation is 1. The first kappa shape index (κ1) is 14.9. The van der Waals surface area contributed by atoms with Crippen LogP contribution in [0.1, 0.15) is 49.0 Å². The molecule has 1 aliphatic rings. The molecular formula is C17H25NO2. The van der Waals surface area contributed by atoms with Gasteiger partial charge in [0.05, 0.1) is 12.7 Å². The van der Waals surface area contributed by atoms with Crippen molar-refractivity contribution in [2.45, 2.75) is 46.1 Å². The molecule has 3 unspecified atom stereocenters. The van der Waals surface area contributed by atoms with E-state index >= 15 is 0 Å². The number of nitrogens with one attached hydrogen (secondary N) is 1. The van der Waals surface area contributed by atoms with Crippen LogP contribution in [-0.4, -0.2) is 19.1 Å². The molecule has 1 aromatic carbocycles. The number of esters is 1. The van der Waals surface area contributed by atoms with Gasteiger partial charge in [0.1, 0.15) is 0 Å². The van der Waals surface area contributed by atoms with E-state index in [0.29, 0.717) is 11.6 Å². The number of hydrogen-bond acceptors (Lipinski definition) is 3.